The number of halogens is 2. The van der Waals surface area contributed by atoms with Gasteiger partial charge in [0.15, 0.2) is 0 Å². The van der Waals surface area contributed by atoms with E-state index in [1.165, 1.54) is 0 Å². The lowest BCUT2D eigenvalue weighted by Crippen LogP contribution is -2.27. The second kappa shape index (κ2) is 4.32. The van der Waals surface area contributed by atoms with Crippen LogP contribution in [0.15, 0.2) is 42.5 Å². The van der Waals surface area contributed by atoms with Crippen molar-refractivity contribution in [3.05, 3.63) is 48.0 Å². The highest BCUT2D eigenvalue weighted by atomic mass is 19.3. The fraction of sp³-hybridized carbons (Fsp3) is 0.333. The minimum absolute atomic E-state index is 0.134. The first-order valence-corrected chi connectivity index (χ1v) is 6.26. The Morgan fingerprint density at radius 3 is 2.56 bits per heavy atom. The molecule has 2 aromatic rings. The van der Waals surface area contributed by atoms with Gasteiger partial charge in [-0.2, -0.15) is 0 Å². The van der Waals surface area contributed by atoms with Crippen LogP contribution in [0.2, 0.25) is 0 Å². The van der Waals surface area contributed by atoms with Crippen LogP contribution < -0.4 is 5.32 Å². The van der Waals surface area contributed by atoms with E-state index >= 15 is 0 Å². The second-order valence-electron chi connectivity index (χ2n) is 4.87. The Morgan fingerprint density at radius 2 is 1.83 bits per heavy atom. The summed E-state index contributed by atoms with van der Waals surface area (Å²) in [6.45, 7) is 1.09. The molecule has 1 aliphatic heterocycles. The highest BCUT2D eigenvalue weighted by molar-refractivity contribution is 5.83. The summed E-state index contributed by atoms with van der Waals surface area (Å²) >= 11 is 0. The zero-order valence-electron chi connectivity index (χ0n) is 10.00. The van der Waals surface area contributed by atoms with Crippen LogP contribution in [0.4, 0.5) is 8.78 Å². The summed E-state index contributed by atoms with van der Waals surface area (Å²) in [5.74, 6) is -3.33. The topological polar surface area (TPSA) is 12.0 Å². The van der Waals surface area contributed by atoms with Crippen molar-refractivity contribution in [3.8, 4) is 0 Å². The molecule has 1 unspecified atom stereocenters. The van der Waals surface area contributed by atoms with E-state index in [4.69, 9.17) is 0 Å². The second-order valence-corrected chi connectivity index (χ2v) is 4.87. The van der Waals surface area contributed by atoms with E-state index in [2.05, 4.69) is 5.32 Å². The van der Waals surface area contributed by atoms with Crippen molar-refractivity contribution < 1.29 is 8.78 Å². The fourth-order valence-corrected chi connectivity index (χ4v) is 2.60. The fourth-order valence-electron chi connectivity index (χ4n) is 2.60. The molecule has 0 aliphatic carbocycles. The van der Waals surface area contributed by atoms with Gasteiger partial charge in [0.05, 0.1) is 0 Å². The van der Waals surface area contributed by atoms with Gasteiger partial charge in [0.25, 0.3) is 5.92 Å². The zero-order chi connectivity index (χ0) is 12.6. The lowest BCUT2D eigenvalue weighted by atomic mass is 9.92. The molecule has 0 bridgehead atoms. The average Bonchev–Trinajstić information content (AvgIpc) is 2.92. The number of alkyl halides is 2. The molecule has 0 saturated carbocycles. The first-order valence-electron chi connectivity index (χ1n) is 6.26. The van der Waals surface area contributed by atoms with Crippen molar-refractivity contribution in [3.63, 3.8) is 0 Å². The molecule has 1 atom stereocenters. The molecule has 1 heterocycles. The lowest BCUT2D eigenvalue weighted by molar-refractivity contribution is -0.0574. The molecule has 18 heavy (non-hydrogen) atoms. The van der Waals surface area contributed by atoms with Gasteiger partial charge >= 0.3 is 0 Å². The predicted octanol–water partition coefficient (Wildman–Crippen LogP) is 3.54. The van der Waals surface area contributed by atoms with E-state index in [0.29, 0.717) is 19.5 Å². The van der Waals surface area contributed by atoms with Crippen molar-refractivity contribution in [1.29, 1.82) is 0 Å². The number of fused-ring (bicyclic) bond motifs is 1. The van der Waals surface area contributed by atoms with Crippen LogP contribution in [0, 0.1) is 5.92 Å². The van der Waals surface area contributed by atoms with Crippen LogP contribution in [-0.4, -0.2) is 13.1 Å². The van der Waals surface area contributed by atoms with Gasteiger partial charge in [0, 0.05) is 18.0 Å². The Balaban J connectivity index is 2.02. The molecule has 2 aromatic carbocycles. The largest absolute Gasteiger partial charge is 0.316 e. The van der Waals surface area contributed by atoms with Gasteiger partial charge in [0.1, 0.15) is 0 Å². The molecular formula is C15H15F2N. The highest BCUT2D eigenvalue weighted by Crippen LogP contribution is 2.39. The molecule has 3 rings (SSSR count). The van der Waals surface area contributed by atoms with Crippen molar-refractivity contribution in [2.75, 3.05) is 13.1 Å². The maximum atomic E-state index is 14.3. The monoisotopic (exact) mass is 247 g/mol. The van der Waals surface area contributed by atoms with Crippen molar-refractivity contribution >= 4 is 10.8 Å². The summed E-state index contributed by atoms with van der Waals surface area (Å²) in [6.07, 6.45) is 0.541. The third kappa shape index (κ3) is 1.89. The van der Waals surface area contributed by atoms with Crippen LogP contribution in [-0.2, 0) is 5.92 Å². The Morgan fingerprint density at radius 1 is 1.06 bits per heavy atom. The third-order valence-corrected chi connectivity index (χ3v) is 3.71. The molecule has 0 amide bonds. The van der Waals surface area contributed by atoms with Crippen LogP contribution in [0.3, 0.4) is 0 Å². The molecule has 3 heteroatoms. The number of rotatable bonds is 2. The van der Waals surface area contributed by atoms with Crippen LogP contribution in [0.25, 0.3) is 10.8 Å². The standard InChI is InChI=1S/C15H15F2N/c16-15(17,14-7-8-18-10-14)13-6-5-11-3-1-2-4-12(11)9-13/h1-6,9,14,18H,7-8,10H2. The first kappa shape index (κ1) is 11.6. The molecule has 0 radical (unpaired) electrons. The van der Waals surface area contributed by atoms with E-state index in [0.717, 1.165) is 10.8 Å². The van der Waals surface area contributed by atoms with Crippen molar-refractivity contribution in [2.24, 2.45) is 5.92 Å². The molecule has 0 spiro atoms. The number of nitrogens with one attached hydrogen (secondary N) is 1. The van der Waals surface area contributed by atoms with Gasteiger partial charge < -0.3 is 5.32 Å². The summed E-state index contributed by atoms with van der Waals surface area (Å²) in [5.41, 5.74) is 0.134. The third-order valence-electron chi connectivity index (χ3n) is 3.71. The number of hydrogen-bond acceptors (Lipinski definition) is 1. The summed E-state index contributed by atoms with van der Waals surface area (Å²) in [6, 6.07) is 12.6. The maximum Gasteiger partial charge on any atom is 0.277 e. The maximum absolute atomic E-state index is 14.3. The van der Waals surface area contributed by atoms with Gasteiger partial charge in [-0.15, -0.1) is 0 Å². The molecule has 1 aliphatic rings. The molecule has 1 N–H and O–H groups in total. The smallest absolute Gasteiger partial charge is 0.277 e. The lowest BCUT2D eigenvalue weighted by Gasteiger charge is -2.23. The number of hydrogen-bond donors (Lipinski definition) is 1. The number of benzene rings is 2. The molecular weight excluding hydrogens is 232 g/mol. The van der Waals surface area contributed by atoms with Gasteiger partial charge in [-0.25, -0.2) is 8.78 Å². The molecule has 0 aromatic heterocycles. The minimum Gasteiger partial charge on any atom is -0.316 e. The Bertz CT molecular complexity index is 559. The van der Waals surface area contributed by atoms with Crippen molar-refractivity contribution in [1.82, 2.24) is 5.32 Å². The summed E-state index contributed by atoms with van der Waals surface area (Å²) < 4.78 is 28.7. The van der Waals surface area contributed by atoms with Crippen LogP contribution >= 0.6 is 0 Å². The minimum atomic E-state index is -2.74. The first-order chi connectivity index (χ1) is 8.68. The van der Waals surface area contributed by atoms with Gasteiger partial charge in [0.2, 0.25) is 0 Å². The normalized spacial score (nSPS) is 20.4. The molecule has 1 fully saturated rings. The summed E-state index contributed by atoms with van der Waals surface area (Å²) in [5, 5.41) is 4.88. The van der Waals surface area contributed by atoms with E-state index in [1.54, 1.807) is 18.2 Å². The SMILES string of the molecule is FC(F)(c1ccc2ccccc2c1)C1CCNC1. The van der Waals surface area contributed by atoms with Crippen LogP contribution in [0.1, 0.15) is 12.0 Å². The van der Waals surface area contributed by atoms with Crippen molar-refractivity contribution in [2.45, 2.75) is 12.3 Å². The van der Waals surface area contributed by atoms with Gasteiger partial charge in [-0.3, -0.25) is 0 Å². The Labute approximate surface area is 105 Å². The quantitative estimate of drug-likeness (QED) is 0.855. The van der Waals surface area contributed by atoms with E-state index < -0.39 is 11.8 Å². The average molecular weight is 247 g/mol. The van der Waals surface area contributed by atoms with Crippen LogP contribution in [0.5, 0.6) is 0 Å². The van der Waals surface area contributed by atoms with Gasteiger partial charge in [-0.1, -0.05) is 36.4 Å². The molecule has 94 valence electrons. The van der Waals surface area contributed by atoms with E-state index in [1.807, 2.05) is 24.3 Å². The summed E-state index contributed by atoms with van der Waals surface area (Å²) in [4.78, 5) is 0. The van der Waals surface area contributed by atoms with Gasteiger partial charge in [-0.05, 0) is 29.8 Å². The highest BCUT2D eigenvalue weighted by Gasteiger charge is 2.42. The van der Waals surface area contributed by atoms with E-state index in [-0.39, 0.29) is 5.56 Å². The molecule has 1 nitrogen and oxygen atoms in total. The van der Waals surface area contributed by atoms with E-state index in [9.17, 15) is 8.78 Å². The zero-order valence-corrected chi connectivity index (χ0v) is 10.00. The Kier molecular flexibility index (Phi) is 2.78. The Hall–Kier alpha value is -1.48. The molecule has 1 saturated heterocycles. The predicted molar refractivity (Wildman–Crippen MR) is 68.8 cm³/mol. The summed E-state index contributed by atoms with van der Waals surface area (Å²) in [7, 11) is 0.